The minimum atomic E-state index is 0.756. The predicted octanol–water partition coefficient (Wildman–Crippen LogP) is 5.67. The lowest BCUT2D eigenvalue weighted by Gasteiger charge is -2.13. The highest BCUT2D eigenvalue weighted by Gasteiger charge is 2.11. The highest BCUT2D eigenvalue weighted by molar-refractivity contribution is 6.01. The summed E-state index contributed by atoms with van der Waals surface area (Å²) in [5.74, 6) is 1.55. The average molecular weight is 354 g/mol. The number of hydrogen-bond donors (Lipinski definition) is 0. The van der Waals surface area contributed by atoms with Crippen molar-refractivity contribution >= 4 is 12.4 Å². The Morgan fingerprint density at radius 3 is 2.46 bits per heavy atom. The van der Waals surface area contributed by atoms with Gasteiger partial charge in [-0.1, -0.05) is 25.7 Å². The Bertz CT molecular complexity index is 728. The molecule has 0 atom stereocenters. The molecule has 26 heavy (non-hydrogen) atoms. The summed E-state index contributed by atoms with van der Waals surface area (Å²) in [4.78, 5) is 8.70. The first kappa shape index (κ1) is 21.4. The van der Waals surface area contributed by atoms with Gasteiger partial charge in [0.05, 0.1) is 14.2 Å². The van der Waals surface area contributed by atoms with Crippen LogP contribution in [0.5, 0.6) is 11.5 Å². The Kier molecular flexibility index (Phi) is 9.13. The van der Waals surface area contributed by atoms with Crippen LogP contribution in [0.25, 0.3) is 0 Å². The quantitative estimate of drug-likeness (QED) is 0.401. The van der Waals surface area contributed by atoms with Crippen LogP contribution in [-0.2, 0) is 0 Å². The molecular formula is C22H30N2O2. The Morgan fingerprint density at radius 1 is 1.19 bits per heavy atom. The van der Waals surface area contributed by atoms with Crippen molar-refractivity contribution in [2.24, 2.45) is 9.98 Å². The predicted molar refractivity (Wildman–Crippen MR) is 112 cm³/mol. The number of nitrogens with zero attached hydrogens (tertiary/aromatic N) is 2. The highest BCUT2D eigenvalue weighted by Crippen LogP contribution is 2.29. The van der Waals surface area contributed by atoms with E-state index >= 15 is 0 Å². The van der Waals surface area contributed by atoms with E-state index in [2.05, 4.69) is 31.3 Å². The van der Waals surface area contributed by atoms with Gasteiger partial charge in [-0.05, 0) is 51.5 Å². The zero-order chi connectivity index (χ0) is 19.5. The zero-order valence-corrected chi connectivity index (χ0v) is 16.6. The van der Waals surface area contributed by atoms with Gasteiger partial charge in [0.15, 0.2) is 0 Å². The molecule has 4 nitrogen and oxygen atoms in total. The molecule has 0 N–H and O–H groups in total. The number of benzene rings is 1. The van der Waals surface area contributed by atoms with Gasteiger partial charge in [0.2, 0.25) is 0 Å². The normalized spacial score (nSPS) is 12.7. The summed E-state index contributed by atoms with van der Waals surface area (Å²) in [7, 11) is 3.32. The van der Waals surface area contributed by atoms with E-state index < -0.39 is 0 Å². The lowest BCUT2D eigenvalue weighted by molar-refractivity contribution is 0.392. The van der Waals surface area contributed by atoms with Gasteiger partial charge in [0, 0.05) is 34.8 Å². The number of aliphatic imine (C=N–C) groups is 2. The summed E-state index contributed by atoms with van der Waals surface area (Å²) in [6.45, 7) is 13.5. The Morgan fingerprint density at radius 2 is 1.92 bits per heavy atom. The minimum Gasteiger partial charge on any atom is -0.497 e. The van der Waals surface area contributed by atoms with Crippen molar-refractivity contribution in [1.29, 1.82) is 0 Å². The van der Waals surface area contributed by atoms with Crippen LogP contribution in [0.4, 0.5) is 0 Å². The van der Waals surface area contributed by atoms with Crippen LogP contribution in [0.2, 0.25) is 0 Å². The molecule has 0 saturated carbocycles. The molecule has 0 radical (unpaired) electrons. The number of ether oxygens (including phenoxy) is 2. The monoisotopic (exact) mass is 354 g/mol. The molecule has 0 aliphatic rings. The number of allylic oxidation sites excluding steroid dienone is 4. The van der Waals surface area contributed by atoms with E-state index in [1.54, 1.807) is 20.4 Å². The lowest BCUT2D eigenvalue weighted by atomic mass is 10.0. The first-order valence-electron chi connectivity index (χ1n) is 8.75. The van der Waals surface area contributed by atoms with E-state index in [0.29, 0.717) is 0 Å². The van der Waals surface area contributed by atoms with E-state index in [1.807, 2.05) is 32.1 Å². The Labute approximate surface area is 157 Å². The molecule has 0 spiro atoms. The van der Waals surface area contributed by atoms with Gasteiger partial charge in [-0.3, -0.25) is 9.98 Å². The molecule has 0 amide bonds. The second-order valence-corrected chi connectivity index (χ2v) is 5.89. The van der Waals surface area contributed by atoms with Crippen LogP contribution in [-0.4, -0.2) is 26.6 Å². The molecule has 0 aliphatic heterocycles. The average Bonchev–Trinajstić information content (AvgIpc) is 2.65. The molecule has 1 aromatic carbocycles. The molecule has 0 unspecified atom stereocenters. The van der Waals surface area contributed by atoms with Gasteiger partial charge < -0.3 is 9.47 Å². The maximum atomic E-state index is 5.47. The molecule has 1 rings (SSSR count). The van der Waals surface area contributed by atoms with Crippen molar-refractivity contribution in [3.63, 3.8) is 0 Å². The van der Waals surface area contributed by atoms with Crippen LogP contribution in [0.15, 0.2) is 58.3 Å². The topological polar surface area (TPSA) is 43.2 Å². The van der Waals surface area contributed by atoms with Gasteiger partial charge in [0.25, 0.3) is 0 Å². The number of rotatable bonds is 10. The smallest absolute Gasteiger partial charge is 0.126 e. The Balaban J connectivity index is 3.18. The van der Waals surface area contributed by atoms with Crippen LogP contribution < -0.4 is 9.47 Å². The SMILES string of the molecule is C=C/C(=C\N=C)CC/C(=C\CC)N=C(C)c1cc(OC)cc(OC)c1C. The molecule has 0 aromatic heterocycles. The third-order valence-corrected chi connectivity index (χ3v) is 4.12. The van der Waals surface area contributed by atoms with Crippen molar-refractivity contribution < 1.29 is 9.47 Å². The van der Waals surface area contributed by atoms with Gasteiger partial charge in [-0.2, -0.15) is 0 Å². The highest BCUT2D eigenvalue weighted by atomic mass is 16.5. The largest absolute Gasteiger partial charge is 0.497 e. The van der Waals surface area contributed by atoms with E-state index in [0.717, 1.165) is 58.9 Å². The molecule has 0 fully saturated rings. The van der Waals surface area contributed by atoms with Crippen LogP contribution in [0.3, 0.4) is 0 Å². The first-order chi connectivity index (χ1) is 12.5. The molecular weight excluding hydrogens is 324 g/mol. The molecule has 4 heteroatoms. The fourth-order valence-corrected chi connectivity index (χ4v) is 2.69. The van der Waals surface area contributed by atoms with E-state index in [-0.39, 0.29) is 0 Å². The molecule has 0 heterocycles. The second-order valence-electron chi connectivity index (χ2n) is 5.89. The van der Waals surface area contributed by atoms with Crippen LogP contribution in [0, 0.1) is 6.92 Å². The number of hydrogen-bond acceptors (Lipinski definition) is 4. The van der Waals surface area contributed by atoms with Crippen LogP contribution >= 0.6 is 0 Å². The minimum absolute atomic E-state index is 0.756. The van der Waals surface area contributed by atoms with Gasteiger partial charge in [0.1, 0.15) is 11.5 Å². The van der Waals surface area contributed by atoms with E-state index in [1.165, 1.54) is 0 Å². The standard InChI is InChI=1S/C22H30N2O2/c1-8-10-19(12-11-18(9-2)15-23-5)24-17(4)21-13-20(25-6)14-22(26-7)16(21)3/h9-10,13-15H,2,5,8,11-12H2,1,3-4,6-7H3/b18-15+,19-10+,24-17?. The Hall–Kier alpha value is -2.62. The van der Waals surface area contributed by atoms with Crippen molar-refractivity contribution in [2.75, 3.05) is 14.2 Å². The van der Waals surface area contributed by atoms with Gasteiger partial charge in [-0.25, -0.2) is 0 Å². The van der Waals surface area contributed by atoms with Gasteiger partial charge in [-0.15, -0.1) is 0 Å². The van der Waals surface area contributed by atoms with Gasteiger partial charge >= 0.3 is 0 Å². The molecule has 0 aliphatic carbocycles. The van der Waals surface area contributed by atoms with E-state index in [4.69, 9.17) is 14.5 Å². The molecule has 0 bridgehead atoms. The lowest BCUT2D eigenvalue weighted by Crippen LogP contribution is -2.02. The van der Waals surface area contributed by atoms with Crippen molar-refractivity contribution in [2.45, 2.75) is 40.0 Å². The third kappa shape index (κ3) is 6.03. The zero-order valence-electron chi connectivity index (χ0n) is 16.6. The van der Waals surface area contributed by atoms with Crippen molar-refractivity contribution in [1.82, 2.24) is 0 Å². The van der Waals surface area contributed by atoms with Crippen molar-refractivity contribution in [3.8, 4) is 11.5 Å². The maximum Gasteiger partial charge on any atom is 0.126 e. The summed E-state index contributed by atoms with van der Waals surface area (Å²) >= 11 is 0. The molecule has 140 valence electrons. The summed E-state index contributed by atoms with van der Waals surface area (Å²) in [6, 6.07) is 3.88. The molecule has 1 aromatic rings. The van der Waals surface area contributed by atoms with Crippen LogP contribution in [0.1, 0.15) is 44.2 Å². The fraction of sp³-hybridized carbons (Fsp3) is 0.364. The fourth-order valence-electron chi connectivity index (χ4n) is 2.69. The first-order valence-corrected chi connectivity index (χ1v) is 8.75. The summed E-state index contributed by atoms with van der Waals surface area (Å²) < 4.78 is 10.9. The summed E-state index contributed by atoms with van der Waals surface area (Å²) in [5, 5.41) is 0. The number of methoxy groups -OCH3 is 2. The summed E-state index contributed by atoms with van der Waals surface area (Å²) in [6.07, 6.45) is 8.28. The maximum absolute atomic E-state index is 5.47. The summed E-state index contributed by atoms with van der Waals surface area (Å²) in [5.41, 5.74) is 5.10. The third-order valence-electron chi connectivity index (χ3n) is 4.12. The second kappa shape index (κ2) is 11.1. The van der Waals surface area contributed by atoms with Crippen molar-refractivity contribution in [3.05, 3.63) is 59.5 Å². The van der Waals surface area contributed by atoms with E-state index in [9.17, 15) is 0 Å². The molecule has 0 saturated heterocycles.